The van der Waals surface area contributed by atoms with Crippen LogP contribution in [0.3, 0.4) is 0 Å². The molecule has 1 fully saturated rings. The van der Waals surface area contributed by atoms with E-state index in [2.05, 4.69) is 15.0 Å². The number of rotatable bonds is 7. The monoisotopic (exact) mass is 409 g/mol. The summed E-state index contributed by atoms with van der Waals surface area (Å²) in [5.41, 5.74) is 1.30. The Morgan fingerprint density at radius 2 is 1.97 bits per heavy atom. The van der Waals surface area contributed by atoms with Crippen molar-refractivity contribution >= 4 is 5.78 Å². The van der Waals surface area contributed by atoms with Gasteiger partial charge in [0.1, 0.15) is 23.2 Å². The highest BCUT2D eigenvalue weighted by Crippen LogP contribution is 2.55. The molecule has 7 heteroatoms. The van der Waals surface area contributed by atoms with Crippen molar-refractivity contribution in [1.29, 1.82) is 0 Å². The van der Waals surface area contributed by atoms with Crippen LogP contribution >= 0.6 is 0 Å². The van der Waals surface area contributed by atoms with Gasteiger partial charge < -0.3 is 4.74 Å². The van der Waals surface area contributed by atoms with E-state index in [0.29, 0.717) is 29.4 Å². The van der Waals surface area contributed by atoms with Gasteiger partial charge in [0.2, 0.25) is 0 Å². The Bertz CT molecular complexity index is 1090. The molecule has 0 unspecified atom stereocenters. The maximum absolute atomic E-state index is 13.9. The fraction of sp³-hybridized carbons (Fsp3) is 0.304. The number of hydrogen-bond donors (Lipinski definition) is 0. The fourth-order valence-electron chi connectivity index (χ4n) is 3.82. The van der Waals surface area contributed by atoms with E-state index in [-0.39, 0.29) is 30.5 Å². The summed E-state index contributed by atoms with van der Waals surface area (Å²) in [5, 5.41) is 0. The minimum Gasteiger partial charge on any atom is -0.489 e. The van der Waals surface area contributed by atoms with Crippen molar-refractivity contribution in [2.45, 2.75) is 32.1 Å². The van der Waals surface area contributed by atoms with Gasteiger partial charge in [-0.2, -0.15) is 0 Å². The SMILES string of the molecule is Cc1ncc(OC[C@@]2(c3cccc(F)c3)C[C@H]2C(=O)Cc2ccc(F)cn2)c(C)n1. The van der Waals surface area contributed by atoms with Crippen molar-refractivity contribution < 1.29 is 18.3 Å². The van der Waals surface area contributed by atoms with Crippen LogP contribution in [-0.4, -0.2) is 27.3 Å². The van der Waals surface area contributed by atoms with Crippen LogP contribution in [0.5, 0.6) is 5.75 Å². The normalized spacial score (nSPS) is 20.1. The van der Waals surface area contributed by atoms with Crippen LogP contribution in [-0.2, 0) is 16.6 Å². The van der Waals surface area contributed by atoms with E-state index >= 15 is 0 Å². The summed E-state index contributed by atoms with van der Waals surface area (Å²) >= 11 is 0. The number of Topliss-reactive ketones (excluding diaryl/α,β-unsaturated/α-hetero) is 1. The summed E-state index contributed by atoms with van der Waals surface area (Å²) in [6.45, 7) is 3.83. The molecule has 0 amide bonds. The van der Waals surface area contributed by atoms with E-state index in [1.54, 1.807) is 19.2 Å². The number of ketones is 1. The number of pyridine rings is 1. The predicted molar refractivity (Wildman–Crippen MR) is 106 cm³/mol. The van der Waals surface area contributed by atoms with Gasteiger partial charge in [0.25, 0.3) is 0 Å². The number of hydrogen-bond acceptors (Lipinski definition) is 5. The Morgan fingerprint density at radius 3 is 2.67 bits per heavy atom. The second kappa shape index (κ2) is 7.89. The lowest BCUT2D eigenvalue weighted by Crippen LogP contribution is -2.25. The summed E-state index contributed by atoms with van der Waals surface area (Å²) < 4.78 is 33.0. The third kappa shape index (κ3) is 4.06. The molecule has 2 aromatic heterocycles. The molecule has 0 bridgehead atoms. The molecule has 1 aliphatic rings. The zero-order valence-corrected chi connectivity index (χ0v) is 16.7. The molecule has 2 atom stereocenters. The molecule has 1 saturated carbocycles. The van der Waals surface area contributed by atoms with Crippen molar-refractivity contribution in [3.8, 4) is 5.75 Å². The highest BCUT2D eigenvalue weighted by molar-refractivity contribution is 5.88. The molecule has 4 rings (SSSR count). The number of ether oxygens (including phenoxy) is 1. The third-order valence-electron chi connectivity index (χ3n) is 5.55. The highest BCUT2D eigenvalue weighted by Gasteiger charge is 2.59. The van der Waals surface area contributed by atoms with E-state index in [1.807, 2.05) is 13.0 Å². The maximum atomic E-state index is 13.9. The van der Waals surface area contributed by atoms with Gasteiger partial charge in [0, 0.05) is 23.4 Å². The van der Waals surface area contributed by atoms with Crippen LogP contribution in [0, 0.1) is 31.4 Å². The Morgan fingerprint density at radius 1 is 1.13 bits per heavy atom. The first kappa shape index (κ1) is 20.1. The van der Waals surface area contributed by atoms with Crippen molar-refractivity contribution in [2.75, 3.05) is 6.61 Å². The number of nitrogens with zero attached hydrogens (tertiary/aromatic N) is 3. The van der Waals surface area contributed by atoms with Crippen LogP contribution < -0.4 is 4.74 Å². The van der Waals surface area contributed by atoms with Crippen molar-refractivity contribution in [1.82, 2.24) is 15.0 Å². The molecule has 30 heavy (non-hydrogen) atoms. The highest BCUT2D eigenvalue weighted by atomic mass is 19.1. The first-order chi connectivity index (χ1) is 14.4. The number of carbonyl (C=O) groups excluding carboxylic acids is 1. The molecule has 0 spiro atoms. The summed E-state index contributed by atoms with van der Waals surface area (Å²) in [6.07, 6.45) is 3.34. The van der Waals surface area contributed by atoms with Gasteiger partial charge in [0.05, 0.1) is 24.7 Å². The average Bonchev–Trinajstić information content (AvgIpc) is 3.45. The minimum atomic E-state index is -0.628. The average molecular weight is 409 g/mol. The van der Waals surface area contributed by atoms with Crippen molar-refractivity contribution in [3.05, 3.63) is 83.2 Å². The third-order valence-corrected chi connectivity index (χ3v) is 5.55. The minimum absolute atomic E-state index is 0.0288. The summed E-state index contributed by atoms with van der Waals surface area (Å²) in [7, 11) is 0. The molecule has 0 radical (unpaired) electrons. The number of carbonyl (C=O) groups is 1. The van der Waals surface area contributed by atoms with Crippen LogP contribution in [0.25, 0.3) is 0 Å². The van der Waals surface area contributed by atoms with E-state index in [0.717, 1.165) is 11.8 Å². The van der Waals surface area contributed by atoms with E-state index < -0.39 is 11.2 Å². The van der Waals surface area contributed by atoms with Gasteiger partial charge in [-0.1, -0.05) is 12.1 Å². The molecule has 0 aliphatic heterocycles. The lowest BCUT2D eigenvalue weighted by molar-refractivity contribution is -0.120. The van der Waals surface area contributed by atoms with Gasteiger partial charge in [0.15, 0.2) is 5.75 Å². The van der Waals surface area contributed by atoms with Gasteiger partial charge in [-0.15, -0.1) is 0 Å². The predicted octanol–water partition coefficient (Wildman–Crippen LogP) is 3.92. The smallest absolute Gasteiger partial charge is 0.158 e. The zero-order chi connectivity index (χ0) is 21.3. The Balaban J connectivity index is 1.56. The Labute approximate surface area is 173 Å². The molecule has 1 aliphatic carbocycles. The zero-order valence-electron chi connectivity index (χ0n) is 16.7. The van der Waals surface area contributed by atoms with E-state index in [9.17, 15) is 13.6 Å². The fourth-order valence-corrected chi connectivity index (χ4v) is 3.82. The van der Waals surface area contributed by atoms with Gasteiger partial charge in [-0.3, -0.25) is 9.78 Å². The van der Waals surface area contributed by atoms with Crippen molar-refractivity contribution in [3.63, 3.8) is 0 Å². The lowest BCUT2D eigenvalue weighted by atomic mass is 9.91. The molecule has 0 N–H and O–H groups in total. The molecule has 5 nitrogen and oxygen atoms in total. The Kier molecular flexibility index (Phi) is 5.28. The first-order valence-corrected chi connectivity index (χ1v) is 9.69. The van der Waals surface area contributed by atoms with E-state index in [4.69, 9.17) is 4.74 Å². The lowest BCUT2D eigenvalue weighted by Gasteiger charge is -2.19. The molecular weight excluding hydrogens is 388 g/mol. The van der Waals surface area contributed by atoms with Gasteiger partial charge in [-0.05, 0) is 50.1 Å². The number of aryl methyl sites for hydroxylation is 2. The van der Waals surface area contributed by atoms with Crippen molar-refractivity contribution in [2.24, 2.45) is 5.92 Å². The van der Waals surface area contributed by atoms with Gasteiger partial charge in [-0.25, -0.2) is 18.7 Å². The van der Waals surface area contributed by atoms with Gasteiger partial charge >= 0.3 is 0 Å². The summed E-state index contributed by atoms with van der Waals surface area (Å²) in [6, 6.07) is 9.06. The molecule has 154 valence electrons. The standard InChI is InChI=1S/C23H21F2N3O2/c1-14-22(12-26-15(2)28-14)30-13-23(16-4-3-5-17(24)8-16)10-20(23)21(29)9-19-7-6-18(25)11-27-19/h3-8,11-12,20H,9-10,13H2,1-2H3/t20-,23+/m0/s1. The first-order valence-electron chi connectivity index (χ1n) is 9.69. The molecule has 3 aromatic rings. The van der Waals surface area contributed by atoms with E-state index in [1.165, 1.54) is 24.3 Å². The second-order valence-electron chi connectivity index (χ2n) is 7.69. The molecule has 1 aromatic carbocycles. The largest absolute Gasteiger partial charge is 0.489 e. The molecule has 0 saturated heterocycles. The summed E-state index contributed by atoms with van der Waals surface area (Å²) in [4.78, 5) is 25.4. The molecular formula is C23H21F2N3O2. The van der Waals surface area contributed by atoms with Crippen LogP contribution in [0.2, 0.25) is 0 Å². The number of benzene rings is 1. The van der Waals surface area contributed by atoms with Crippen LogP contribution in [0.1, 0.15) is 29.2 Å². The van der Waals surface area contributed by atoms with Crippen LogP contribution in [0.15, 0.2) is 48.8 Å². The summed E-state index contributed by atoms with van der Waals surface area (Å²) in [5.74, 6) is 0.00756. The maximum Gasteiger partial charge on any atom is 0.158 e. The topological polar surface area (TPSA) is 65.0 Å². The van der Waals surface area contributed by atoms with Crippen LogP contribution in [0.4, 0.5) is 8.78 Å². The second-order valence-corrected chi connectivity index (χ2v) is 7.69. The Hall–Kier alpha value is -3.22. The quantitative estimate of drug-likeness (QED) is 0.592. The number of aromatic nitrogens is 3. The number of halogens is 2. The molecule has 2 heterocycles.